The summed E-state index contributed by atoms with van der Waals surface area (Å²) in [5.74, 6) is -0.185. The predicted octanol–water partition coefficient (Wildman–Crippen LogP) is -0.435. The van der Waals surface area contributed by atoms with E-state index < -0.39 is 11.2 Å². The van der Waals surface area contributed by atoms with Crippen molar-refractivity contribution < 1.29 is 4.79 Å². The van der Waals surface area contributed by atoms with Gasteiger partial charge in [0.1, 0.15) is 5.65 Å². The Labute approximate surface area is 125 Å². The number of aromatic amines is 2. The third-order valence-corrected chi connectivity index (χ3v) is 4.00. The Hall–Kier alpha value is -2.48. The lowest BCUT2D eigenvalue weighted by atomic mass is 10.0. The van der Waals surface area contributed by atoms with Crippen molar-refractivity contribution >= 4 is 16.9 Å². The molecule has 1 unspecified atom stereocenters. The maximum atomic E-state index is 12.6. The molecule has 1 atom stereocenters. The monoisotopic (exact) mass is 303 g/mol. The summed E-state index contributed by atoms with van der Waals surface area (Å²) < 4.78 is 0. The third kappa shape index (κ3) is 2.52. The Balaban J connectivity index is 2.00. The van der Waals surface area contributed by atoms with Crippen LogP contribution in [0, 0.1) is 0 Å². The summed E-state index contributed by atoms with van der Waals surface area (Å²) in [7, 11) is 0. The number of nitrogens with two attached hydrogens (primary N) is 1. The average Bonchev–Trinajstić information content (AvgIpc) is 2.53. The van der Waals surface area contributed by atoms with Crippen molar-refractivity contribution in [2.45, 2.75) is 25.3 Å². The number of nitrogens with one attached hydrogen (secondary N) is 2. The minimum Gasteiger partial charge on any atom is -0.334 e. The van der Waals surface area contributed by atoms with Gasteiger partial charge in [-0.3, -0.25) is 19.6 Å². The highest BCUT2D eigenvalue weighted by Crippen LogP contribution is 2.19. The minimum atomic E-state index is -0.622. The van der Waals surface area contributed by atoms with Gasteiger partial charge in [0.15, 0.2) is 0 Å². The summed E-state index contributed by atoms with van der Waals surface area (Å²) in [6.45, 7) is 1.07. The third-order valence-electron chi connectivity index (χ3n) is 4.00. The molecule has 0 saturated carbocycles. The standard InChI is InChI=1S/C14H17N5O3/c15-6-9-3-1-2-4-19(9)13(21)8-5-10-11(16-7-8)17-14(22)18-12(10)20/h5,7,9H,1-4,6,15H2,(H2,16,17,18,20,22). The molecule has 0 aromatic carbocycles. The van der Waals surface area contributed by atoms with Crippen LogP contribution >= 0.6 is 0 Å². The molecule has 2 aromatic heterocycles. The Kier molecular flexibility index (Phi) is 3.76. The van der Waals surface area contributed by atoms with Crippen LogP contribution < -0.4 is 17.0 Å². The lowest BCUT2D eigenvalue weighted by molar-refractivity contribution is 0.0623. The number of amides is 1. The van der Waals surface area contributed by atoms with Crippen molar-refractivity contribution in [3.05, 3.63) is 38.7 Å². The first-order chi connectivity index (χ1) is 10.6. The van der Waals surface area contributed by atoms with E-state index in [1.807, 2.05) is 0 Å². The molecule has 1 saturated heterocycles. The van der Waals surface area contributed by atoms with Crippen LogP contribution in [0.25, 0.3) is 11.0 Å². The first-order valence-corrected chi connectivity index (χ1v) is 7.23. The van der Waals surface area contributed by atoms with Crippen LogP contribution in [-0.4, -0.2) is 44.9 Å². The van der Waals surface area contributed by atoms with E-state index >= 15 is 0 Å². The smallest absolute Gasteiger partial charge is 0.327 e. The first-order valence-electron chi connectivity index (χ1n) is 7.23. The second-order valence-electron chi connectivity index (χ2n) is 5.41. The molecule has 3 heterocycles. The van der Waals surface area contributed by atoms with Crippen LogP contribution in [-0.2, 0) is 0 Å². The number of piperidine rings is 1. The summed E-state index contributed by atoms with van der Waals surface area (Å²) in [5.41, 5.74) is 5.04. The van der Waals surface area contributed by atoms with E-state index in [2.05, 4.69) is 15.0 Å². The molecule has 0 bridgehead atoms. The van der Waals surface area contributed by atoms with Crippen LogP contribution in [0.5, 0.6) is 0 Å². The molecule has 8 nitrogen and oxygen atoms in total. The van der Waals surface area contributed by atoms with E-state index in [0.717, 1.165) is 19.3 Å². The van der Waals surface area contributed by atoms with Gasteiger partial charge in [0.25, 0.3) is 11.5 Å². The highest BCUT2D eigenvalue weighted by atomic mass is 16.2. The number of pyridine rings is 1. The molecule has 1 aliphatic rings. The van der Waals surface area contributed by atoms with Gasteiger partial charge in [-0.25, -0.2) is 9.78 Å². The highest BCUT2D eigenvalue weighted by Gasteiger charge is 2.26. The number of H-pyrrole nitrogens is 2. The average molecular weight is 303 g/mol. The molecule has 116 valence electrons. The van der Waals surface area contributed by atoms with Crippen molar-refractivity contribution in [3.8, 4) is 0 Å². The van der Waals surface area contributed by atoms with Crippen molar-refractivity contribution in [1.29, 1.82) is 0 Å². The summed E-state index contributed by atoms with van der Waals surface area (Å²) >= 11 is 0. The lowest BCUT2D eigenvalue weighted by Gasteiger charge is -2.35. The fourth-order valence-corrected chi connectivity index (χ4v) is 2.84. The highest BCUT2D eigenvalue weighted by molar-refractivity contribution is 5.96. The zero-order valence-electron chi connectivity index (χ0n) is 12.0. The zero-order chi connectivity index (χ0) is 15.7. The predicted molar refractivity (Wildman–Crippen MR) is 80.7 cm³/mol. The van der Waals surface area contributed by atoms with Crippen molar-refractivity contribution in [2.75, 3.05) is 13.1 Å². The summed E-state index contributed by atoms with van der Waals surface area (Å²) in [6.07, 6.45) is 4.26. The Morgan fingerprint density at radius 2 is 2.18 bits per heavy atom. The van der Waals surface area contributed by atoms with E-state index in [1.165, 1.54) is 12.3 Å². The lowest BCUT2D eigenvalue weighted by Crippen LogP contribution is -2.47. The number of likely N-dealkylation sites (tertiary alicyclic amines) is 1. The van der Waals surface area contributed by atoms with Gasteiger partial charge < -0.3 is 10.6 Å². The zero-order valence-corrected chi connectivity index (χ0v) is 12.0. The SMILES string of the molecule is NCC1CCCCN1C(=O)c1cnc2[nH]c(=O)[nH]c(=O)c2c1. The van der Waals surface area contributed by atoms with Crippen LogP contribution in [0.3, 0.4) is 0 Å². The second kappa shape index (κ2) is 5.72. The summed E-state index contributed by atoms with van der Waals surface area (Å²) in [4.78, 5) is 46.0. The fourth-order valence-electron chi connectivity index (χ4n) is 2.84. The Morgan fingerprint density at radius 3 is 2.95 bits per heavy atom. The fraction of sp³-hybridized carbons (Fsp3) is 0.429. The van der Waals surface area contributed by atoms with Crippen molar-refractivity contribution in [2.24, 2.45) is 5.73 Å². The maximum absolute atomic E-state index is 12.6. The van der Waals surface area contributed by atoms with Crippen LogP contribution in [0.4, 0.5) is 0 Å². The molecule has 22 heavy (non-hydrogen) atoms. The summed E-state index contributed by atoms with van der Waals surface area (Å²) in [5, 5.41) is 0.187. The topological polar surface area (TPSA) is 125 Å². The van der Waals surface area contributed by atoms with Gasteiger partial charge in [-0.1, -0.05) is 0 Å². The van der Waals surface area contributed by atoms with Gasteiger partial charge in [0.2, 0.25) is 0 Å². The molecular formula is C14H17N5O3. The molecule has 0 aliphatic carbocycles. The van der Waals surface area contributed by atoms with Gasteiger partial charge in [-0.15, -0.1) is 0 Å². The Bertz CT molecular complexity index is 825. The number of hydrogen-bond donors (Lipinski definition) is 3. The van der Waals surface area contributed by atoms with Gasteiger partial charge in [0, 0.05) is 25.3 Å². The van der Waals surface area contributed by atoms with Crippen LogP contribution in [0.15, 0.2) is 21.9 Å². The van der Waals surface area contributed by atoms with Crippen molar-refractivity contribution in [3.63, 3.8) is 0 Å². The second-order valence-corrected chi connectivity index (χ2v) is 5.41. The molecule has 2 aromatic rings. The molecule has 0 radical (unpaired) electrons. The summed E-state index contributed by atoms with van der Waals surface area (Å²) in [6, 6.07) is 1.48. The normalized spacial score (nSPS) is 18.6. The number of nitrogens with zero attached hydrogens (tertiary/aromatic N) is 2. The number of carbonyl (C=O) groups excluding carboxylic acids is 1. The molecular weight excluding hydrogens is 286 g/mol. The first kappa shape index (κ1) is 14.5. The maximum Gasteiger partial charge on any atom is 0.327 e. The number of fused-ring (bicyclic) bond motifs is 1. The van der Waals surface area contributed by atoms with Gasteiger partial charge in [-0.05, 0) is 25.3 Å². The molecule has 4 N–H and O–H groups in total. The number of aromatic nitrogens is 3. The molecule has 1 aliphatic heterocycles. The van der Waals surface area contributed by atoms with Gasteiger partial charge in [-0.2, -0.15) is 0 Å². The van der Waals surface area contributed by atoms with E-state index in [4.69, 9.17) is 5.73 Å². The minimum absolute atomic E-state index is 0.0193. The quantitative estimate of drug-likeness (QED) is 0.694. The Morgan fingerprint density at radius 1 is 1.36 bits per heavy atom. The van der Waals surface area contributed by atoms with Gasteiger partial charge in [0.05, 0.1) is 10.9 Å². The van der Waals surface area contributed by atoms with E-state index in [9.17, 15) is 14.4 Å². The van der Waals surface area contributed by atoms with E-state index in [0.29, 0.717) is 18.7 Å². The molecule has 3 rings (SSSR count). The van der Waals surface area contributed by atoms with E-state index in [1.54, 1.807) is 4.90 Å². The molecule has 8 heteroatoms. The number of carbonyl (C=O) groups is 1. The molecule has 1 fully saturated rings. The van der Waals surface area contributed by atoms with Crippen LogP contribution in [0.1, 0.15) is 29.6 Å². The van der Waals surface area contributed by atoms with E-state index in [-0.39, 0.29) is 23.0 Å². The van der Waals surface area contributed by atoms with Crippen molar-refractivity contribution in [1.82, 2.24) is 19.9 Å². The van der Waals surface area contributed by atoms with Gasteiger partial charge >= 0.3 is 5.69 Å². The largest absolute Gasteiger partial charge is 0.334 e. The molecule has 0 spiro atoms. The number of rotatable bonds is 2. The van der Waals surface area contributed by atoms with Crippen LogP contribution in [0.2, 0.25) is 0 Å². The molecule has 1 amide bonds. The number of hydrogen-bond acceptors (Lipinski definition) is 5.